The average molecular weight is 276 g/mol. The highest BCUT2D eigenvalue weighted by Gasteiger charge is 2.28. The molecule has 2 rings (SSSR count). The van der Waals surface area contributed by atoms with Gasteiger partial charge in [0.1, 0.15) is 0 Å². The van der Waals surface area contributed by atoms with Crippen LogP contribution in [0.1, 0.15) is 25.7 Å². The molecule has 0 saturated heterocycles. The molecule has 2 unspecified atom stereocenters. The van der Waals surface area contributed by atoms with Gasteiger partial charge < -0.3 is 10.0 Å². The molecule has 0 aliphatic heterocycles. The van der Waals surface area contributed by atoms with Crippen molar-refractivity contribution < 1.29 is 5.11 Å². The third kappa shape index (κ3) is 2.81. The van der Waals surface area contributed by atoms with E-state index in [1.807, 2.05) is 11.9 Å². The van der Waals surface area contributed by atoms with E-state index >= 15 is 0 Å². The van der Waals surface area contributed by atoms with Gasteiger partial charge >= 0.3 is 0 Å². The Hall–Kier alpha value is -0.580. The fourth-order valence-electron chi connectivity index (χ4n) is 2.31. The zero-order valence-corrected chi connectivity index (χ0v) is 11.1. The van der Waals surface area contributed by atoms with E-state index in [1.165, 1.54) is 0 Å². The summed E-state index contributed by atoms with van der Waals surface area (Å²) in [6.45, 7) is 0. The lowest BCUT2D eigenvalue weighted by Crippen LogP contribution is -2.43. The van der Waals surface area contributed by atoms with Crippen molar-refractivity contribution in [2.24, 2.45) is 0 Å². The topological polar surface area (TPSA) is 49.2 Å². The number of nitrogens with zero attached hydrogens (tertiary/aromatic N) is 3. The first kappa shape index (κ1) is 12.9. The van der Waals surface area contributed by atoms with Crippen molar-refractivity contribution in [2.45, 2.75) is 37.8 Å². The highest BCUT2D eigenvalue weighted by Crippen LogP contribution is 2.30. The summed E-state index contributed by atoms with van der Waals surface area (Å²) in [5, 5.41) is 18.1. The van der Waals surface area contributed by atoms with Crippen LogP contribution in [0.25, 0.3) is 0 Å². The molecule has 0 aromatic carbocycles. The zero-order valence-electron chi connectivity index (χ0n) is 9.61. The Kier molecular flexibility index (Phi) is 4.07. The molecule has 6 heteroatoms. The third-order valence-electron chi connectivity index (χ3n) is 3.27. The summed E-state index contributed by atoms with van der Waals surface area (Å²) in [5.74, 6) is 0. The Morgan fingerprint density at radius 2 is 2.00 bits per heavy atom. The van der Waals surface area contributed by atoms with E-state index in [1.54, 1.807) is 6.07 Å². The third-order valence-corrected chi connectivity index (χ3v) is 3.73. The van der Waals surface area contributed by atoms with Crippen LogP contribution in [-0.4, -0.2) is 34.5 Å². The smallest absolute Gasteiger partial charge is 0.175 e. The Balaban J connectivity index is 2.23. The fraction of sp³-hybridized carbons (Fsp3) is 0.636. The van der Waals surface area contributed by atoms with Gasteiger partial charge in [-0.2, -0.15) is 0 Å². The van der Waals surface area contributed by atoms with Crippen molar-refractivity contribution in [2.75, 3.05) is 11.9 Å². The van der Waals surface area contributed by atoms with Crippen LogP contribution in [0, 0.1) is 0 Å². The van der Waals surface area contributed by atoms with Gasteiger partial charge in [-0.25, -0.2) is 0 Å². The molecular formula is C11H15Cl2N3O. The Morgan fingerprint density at radius 3 is 2.71 bits per heavy atom. The first-order chi connectivity index (χ1) is 8.09. The molecule has 1 aromatic heterocycles. The summed E-state index contributed by atoms with van der Waals surface area (Å²) in [5.41, 5.74) is 0.720. The van der Waals surface area contributed by atoms with E-state index in [4.69, 9.17) is 23.2 Å². The number of aromatic nitrogens is 2. The van der Waals surface area contributed by atoms with Gasteiger partial charge in [0.2, 0.25) is 0 Å². The normalized spacial score (nSPS) is 24.7. The molecule has 17 heavy (non-hydrogen) atoms. The molecule has 1 N–H and O–H groups in total. The monoisotopic (exact) mass is 275 g/mol. The van der Waals surface area contributed by atoms with Gasteiger partial charge in [0, 0.05) is 13.1 Å². The Labute approximate surface area is 111 Å². The lowest BCUT2D eigenvalue weighted by Gasteiger charge is -2.36. The van der Waals surface area contributed by atoms with Crippen LogP contribution in [-0.2, 0) is 0 Å². The molecule has 1 fully saturated rings. The van der Waals surface area contributed by atoms with Crippen molar-refractivity contribution in [3.05, 3.63) is 16.4 Å². The van der Waals surface area contributed by atoms with Crippen LogP contribution in [0.4, 0.5) is 5.69 Å². The maximum atomic E-state index is 10.0. The lowest BCUT2D eigenvalue weighted by atomic mass is 9.91. The molecular weight excluding hydrogens is 261 g/mol. The fourth-order valence-corrected chi connectivity index (χ4v) is 2.68. The molecule has 0 radical (unpaired) electrons. The SMILES string of the molecule is CN(c1cc(Cl)nnc1Cl)C1CCCCC1O. The Bertz CT molecular complexity index is 402. The summed E-state index contributed by atoms with van der Waals surface area (Å²) in [7, 11) is 1.90. The van der Waals surface area contributed by atoms with Crippen LogP contribution < -0.4 is 4.90 Å². The van der Waals surface area contributed by atoms with E-state index in [0.717, 1.165) is 31.4 Å². The number of rotatable bonds is 2. The van der Waals surface area contributed by atoms with E-state index in [2.05, 4.69) is 10.2 Å². The van der Waals surface area contributed by atoms with Crippen molar-refractivity contribution in [1.82, 2.24) is 10.2 Å². The number of aliphatic hydroxyl groups is 1. The van der Waals surface area contributed by atoms with Gasteiger partial charge in [0.05, 0.1) is 17.8 Å². The lowest BCUT2D eigenvalue weighted by molar-refractivity contribution is 0.106. The summed E-state index contributed by atoms with van der Waals surface area (Å²) in [6.07, 6.45) is 3.66. The first-order valence-electron chi connectivity index (χ1n) is 5.69. The minimum atomic E-state index is -0.322. The van der Waals surface area contributed by atoms with Crippen molar-refractivity contribution in [3.8, 4) is 0 Å². The highest BCUT2D eigenvalue weighted by molar-refractivity contribution is 6.33. The summed E-state index contributed by atoms with van der Waals surface area (Å²) in [6, 6.07) is 1.75. The molecule has 94 valence electrons. The number of halogens is 2. The summed E-state index contributed by atoms with van der Waals surface area (Å²) < 4.78 is 0. The minimum Gasteiger partial charge on any atom is -0.391 e. The second-order valence-electron chi connectivity index (χ2n) is 4.37. The largest absolute Gasteiger partial charge is 0.391 e. The molecule has 0 spiro atoms. The van der Waals surface area contributed by atoms with E-state index in [-0.39, 0.29) is 12.1 Å². The number of hydrogen-bond donors (Lipinski definition) is 1. The maximum Gasteiger partial charge on any atom is 0.175 e. The zero-order chi connectivity index (χ0) is 12.4. The molecule has 1 aromatic rings. The van der Waals surface area contributed by atoms with E-state index in [9.17, 15) is 5.11 Å². The summed E-state index contributed by atoms with van der Waals surface area (Å²) >= 11 is 11.8. The molecule has 1 heterocycles. The van der Waals surface area contributed by atoms with Gasteiger partial charge in [-0.3, -0.25) is 0 Å². The molecule has 1 aliphatic rings. The van der Waals surface area contributed by atoms with E-state index < -0.39 is 0 Å². The first-order valence-corrected chi connectivity index (χ1v) is 6.45. The van der Waals surface area contributed by atoms with Crippen molar-refractivity contribution in [1.29, 1.82) is 0 Å². The number of likely N-dealkylation sites (N-methyl/N-ethyl adjacent to an activating group) is 1. The predicted molar refractivity (Wildman–Crippen MR) is 68.7 cm³/mol. The van der Waals surface area contributed by atoms with Crippen LogP contribution >= 0.6 is 23.2 Å². The molecule has 1 saturated carbocycles. The number of hydrogen-bond acceptors (Lipinski definition) is 4. The van der Waals surface area contributed by atoms with Gasteiger partial charge in [0.15, 0.2) is 10.3 Å². The summed E-state index contributed by atoms with van der Waals surface area (Å²) in [4.78, 5) is 1.95. The van der Waals surface area contributed by atoms with Crippen LogP contribution in [0.15, 0.2) is 6.07 Å². The van der Waals surface area contributed by atoms with Gasteiger partial charge in [-0.1, -0.05) is 36.0 Å². The van der Waals surface area contributed by atoms with Gasteiger partial charge in [-0.05, 0) is 12.8 Å². The highest BCUT2D eigenvalue weighted by atomic mass is 35.5. The average Bonchev–Trinajstić information content (AvgIpc) is 2.32. The second kappa shape index (κ2) is 5.38. The van der Waals surface area contributed by atoms with Gasteiger partial charge in [0.25, 0.3) is 0 Å². The molecule has 1 aliphatic carbocycles. The quantitative estimate of drug-likeness (QED) is 0.901. The molecule has 2 atom stereocenters. The number of aliphatic hydroxyl groups excluding tert-OH is 1. The Morgan fingerprint density at radius 1 is 1.29 bits per heavy atom. The standard InChI is InChI=1S/C11H15Cl2N3O/c1-16(7-4-2-3-5-9(7)17)8-6-10(12)14-15-11(8)13/h6-7,9,17H,2-5H2,1H3. The molecule has 0 amide bonds. The van der Waals surface area contributed by atoms with Gasteiger partial charge in [-0.15, -0.1) is 10.2 Å². The van der Waals surface area contributed by atoms with Crippen LogP contribution in [0.2, 0.25) is 10.3 Å². The maximum absolute atomic E-state index is 10.0. The second-order valence-corrected chi connectivity index (χ2v) is 5.12. The van der Waals surface area contributed by atoms with E-state index in [0.29, 0.717) is 10.3 Å². The van der Waals surface area contributed by atoms with Crippen molar-refractivity contribution >= 4 is 28.9 Å². The van der Waals surface area contributed by atoms with Crippen molar-refractivity contribution in [3.63, 3.8) is 0 Å². The predicted octanol–water partition coefficient (Wildman–Crippen LogP) is 2.52. The molecule has 0 bridgehead atoms. The molecule has 4 nitrogen and oxygen atoms in total. The minimum absolute atomic E-state index is 0.0708. The number of anilines is 1. The van der Waals surface area contributed by atoms with Crippen LogP contribution in [0.3, 0.4) is 0 Å². The van der Waals surface area contributed by atoms with Crippen LogP contribution in [0.5, 0.6) is 0 Å².